The van der Waals surface area contributed by atoms with E-state index in [1.165, 1.54) is 0 Å². The van der Waals surface area contributed by atoms with E-state index in [2.05, 4.69) is 15.5 Å². The highest BCUT2D eigenvalue weighted by Gasteiger charge is 2.37. The Kier molecular flexibility index (Phi) is 3.85. The van der Waals surface area contributed by atoms with E-state index < -0.39 is 0 Å². The van der Waals surface area contributed by atoms with E-state index in [9.17, 15) is 9.59 Å². The summed E-state index contributed by atoms with van der Waals surface area (Å²) in [6, 6.07) is 12.8. The van der Waals surface area contributed by atoms with Gasteiger partial charge in [0.05, 0.1) is 11.3 Å². The summed E-state index contributed by atoms with van der Waals surface area (Å²) in [6.45, 7) is 3.74. The molecule has 2 aliphatic heterocycles. The summed E-state index contributed by atoms with van der Waals surface area (Å²) >= 11 is 0. The van der Waals surface area contributed by atoms with Gasteiger partial charge in [-0.25, -0.2) is 0 Å². The van der Waals surface area contributed by atoms with Gasteiger partial charge in [0.1, 0.15) is 0 Å². The predicted octanol–water partition coefficient (Wildman–Crippen LogP) is 1.39. The fourth-order valence-electron chi connectivity index (χ4n) is 4.53. The molecule has 2 bridgehead atoms. The van der Waals surface area contributed by atoms with Gasteiger partial charge in [0.2, 0.25) is 0 Å². The Morgan fingerprint density at radius 3 is 2.75 bits per heavy atom. The van der Waals surface area contributed by atoms with E-state index in [-0.39, 0.29) is 23.3 Å². The normalized spacial score (nSPS) is 20.7. The average Bonchev–Trinajstić information content (AvgIpc) is 3.14. The van der Waals surface area contributed by atoms with Crippen LogP contribution in [0.5, 0.6) is 0 Å². The maximum absolute atomic E-state index is 13.4. The molecule has 0 saturated carbocycles. The molecule has 8 nitrogen and oxygen atoms in total. The Balaban J connectivity index is 1.49. The van der Waals surface area contributed by atoms with Crippen molar-refractivity contribution in [3.05, 3.63) is 69.9 Å². The average molecular weight is 376 g/mol. The number of hydrogen-bond acceptors (Lipinski definition) is 5. The van der Waals surface area contributed by atoms with Crippen LogP contribution in [-0.2, 0) is 6.54 Å². The van der Waals surface area contributed by atoms with Crippen molar-refractivity contribution in [1.82, 2.24) is 29.7 Å². The zero-order chi connectivity index (χ0) is 19.3. The van der Waals surface area contributed by atoms with Crippen molar-refractivity contribution in [3.63, 3.8) is 0 Å². The Morgan fingerprint density at radius 2 is 1.93 bits per heavy atom. The summed E-state index contributed by atoms with van der Waals surface area (Å²) in [7, 11) is 0. The molecule has 5 rings (SSSR count). The number of aryl methyl sites for hydroxylation is 1. The molecular formula is C20H20N6O2. The smallest absolute Gasteiger partial charge is 0.256 e. The molecule has 0 radical (unpaired) electrons. The van der Waals surface area contributed by atoms with Crippen LogP contribution in [0.2, 0.25) is 0 Å². The van der Waals surface area contributed by atoms with Gasteiger partial charge in [-0.3, -0.25) is 9.59 Å². The fourth-order valence-corrected chi connectivity index (χ4v) is 4.53. The zero-order valence-electron chi connectivity index (χ0n) is 15.5. The largest absolute Gasteiger partial charge is 0.338 e. The molecule has 8 heteroatoms. The first kappa shape index (κ1) is 16.9. The first-order valence-corrected chi connectivity index (χ1v) is 9.45. The van der Waals surface area contributed by atoms with Gasteiger partial charge in [-0.05, 0) is 47.9 Å². The number of rotatable bonds is 2. The number of carbonyl (C=O) groups is 1. The third-order valence-electron chi connectivity index (χ3n) is 5.76. The summed E-state index contributed by atoms with van der Waals surface area (Å²) in [5, 5.41) is 11.6. The van der Waals surface area contributed by atoms with Crippen LogP contribution in [0.1, 0.15) is 34.2 Å². The monoisotopic (exact) mass is 376 g/mol. The fraction of sp³-hybridized carbons (Fsp3) is 0.350. The highest BCUT2D eigenvalue weighted by molar-refractivity contribution is 5.97. The number of hydrogen-bond donors (Lipinski definition) is 0. The predicted molar refractivity (Wildman–Crippen MR) is 101 cm³/mol. The maximum Gasteiger partial charge on any atom is 0.256 e. The van der Waals surface area contributed by atoms with Crippen LogP contribution in [0.15, 0.2) is 47.3 Å². The molecule has 2 atom stereocenters. The molecule has 1 amide bonds. The van der Waals surface area contributed by atoms with Crippen LogP contribution in [0, 0.1) is 12.8 Å². The summed E-state index contributed by atoms with van der Waals surface area (Å²) in [5.41, 5.74) is 2.35. The topological polar surface area (TPSA) is 85.9 Å². The van der Waals surface area contributed by atoms with E-state index >= 15 is 0 Å². The minimum absolute atomic E-state index is 0.0214. The Bertz CT molecular complexity index is 1120. The summed E-state index contributed by atoms with van der Waals surface area (Å²) < 4.78 is 3.46. The van der Waals surface area contributed by atoms with Crippen LogP contribution >= 0.6 is 0 Å². The first-order chi connectivity index (χ1) is 13.6. The van der Waals surface area contributed by atoms with E-state index in [1.54, 1.807) is 17.7 Å². The van der Waals surface area contributed by atoms with E-state index in [1.807, 2.05) is 45.9 Å². The summed E-state index contributed by atoms with van der Waals surface area (Å²) in [6.07, 6.45) is 1.01. The number of amides is 1. The molecule has 0 spiro atoms. The van der Waals surface area contributed by atoms with Gasteiger partial charge < -0.3 is 9.47 Å². The van der Waals surface area contributed by atoms with Gasteiger partial charge in [0.25, 0.3) is 11.5 Å². The van der Waals surface area contributed by atoms with Crippen molar-refractivity contribution < 1.29 is 4.79 Å². The molecule has 3 aromatic rings. The number of para-hydroxylation sites is 1. The van der Waals surface area contributed by atoms with Crippen molar-refractivity contribution >= 4 is 5.91 Å². The minimum atomic E-state index is -0.0214. The molecule has 0 aliphatic carbocycles. The third kappa shape index (κ3) is 2.64. The first-order valence-electron chi connectivity index (χ1n) is 9.45. The Morgan fingerprint density at radius 1 is 1.07 bits per heavy atom. The Labute approximate surface area is 161 Å². The highest BCUT2D eigenvalue weighted by atomic mass is 16.2. The molecule has 142 valence electrons. The summed E-state index contributed by atoms with van der Waals surface area (Å²) in [5.74, 6) is 1.08. The number of tetrazole rings is 1. The van der Waals surface area contributed by atoms with Crippen LogP contribution in [0.25, 0.3) is 5.69 Å². The lowest BCUT2D eigenvalue weighted by molar-refractivity contribution is 0.0594. The van der Waals surface area contributed by atoms with Gasteiger partial charge in [0, 0.05) is 37.3 Å². The molecule has 28 heavy (non-hydrogen) atoms. The second-order valence-corrected chi connectivity index (χ2v) is 7.56. The second kappa shape index (κ2) is 6.40. The molecule has 0 N–H and O–H groups in total. The third-order valence-corrected chi connectivity index (χ3v) is 5.76. The van der Waals surface area contributed by atoms with Crippen molar-refractivity contribution in [2.24, 2.45) is 5.92 Å². The maximum atomic E-state index is 13.4. The second-order valence-electron chi connectivity index (χ2n) is 7.56. The van der Waals surface area contributed by atoms with E-state index in [0.717, 1.165) is 12.1 Å². The van der Waals surface area contributed by atoms with Crippen LogP contribution in [0.4, 0.5) is 0 Å². The molecule has 1 fully saturated rings. The molecule has 4 heterocycles. The van der Waals surface area contributed by atoms with Gasteiger partial charge in [-0.15, -0.1) is 5.10 Å². The number of pyridine rings is 1. The highest BCUT2D eigenvalue weighted by Crippen LogP contribution is 2.35. The van der Waals surface area contributed by atoms with E-state index in [0.29, 0.717) is 36.7 Å². The number of benzene rings is 1. The number of fused-ring (bicyclic) bond motifs is 4. The van der Waals surface area contributed by atoms with Gasteiger partial charge in [-0.2, -0.15) is 4.68 Å². The number of piperidine rings is 1. The van der Waals surface area contributed by atoms with Crippen molar-refractivity contribution in [3.8, 4) is 5.69 Å². The molecule has 0 unspecified atom stereocenters. The molecule has 2 aromatic heterocycles. The number of aromatic nitrogens is 5. The minimum Gasteiger partial charge on any atom is -0.338 e. The number of carbonyl (C=O) groups excluding carboxylic acids is 1. The quantitative estimate of drug-likeness (QED) is 0.675. The molecule has 1 aromatic carbocycles. The lowest BCUT2D eigenvalue weighted by Gasteiger charge is -2.42. The summed E-state index contributed by atoms with van der Waals surface area (Å²) in [4.78, 5) is 27.5. The Hall–Kier alpha value is -3.29. The van der Waals surface area contributed by atoms with Crippen LogP contribution in [-0.4, -0.2) is 48.7 Å². The van der Waals surface area contributed by atoms with Crippen molar-refractivity contribution in [2.45, 2.75) is 25.8 Å². The van der Waals surface area contributed by atoms with Gasteiger partial charge in [0.15, 0.2) is 5.82 Å². The molecule has 2 aliphatic rings. The van der Waals surface area contributed by atoms with Crippen LogP contribution < -0.4 is 5.56 Å². The lowest BCUT2D eigenvalue weighted by atomic mass is 9.83. The zero-order valence-corrected chi connectivity index (χ0v) is 15.5. The van der Waals surface area contributed by atoms with E-state index in [4.69, 9.17) is 0 Å². The number of nitrogens with zero attached hydrogens (tertiary/aromatic N) is 6. The van der Waals surface area contributed by atoms with Crippen molar-refractivity contribution in [2.75, 3.05) is 13.1 Å². The molecular weight excluding hydrogens is 356 g/mol. The van der Waals surface area contributed by atoms with Crippen LogP contribution in [0.3, 0.4) is 0 Å². The standard InChI is InChI=1S/C20H20N6O2/c1-13-21-22-23-26(13)18-6-3-2-5-16(18)20(28)24-10-14-9-15(12-24)17-7-4-8-19(27)25(17)11-14/h2-8,14-15H,9-12H2,1H3/t14-,15+/m1/s1. The number of likely N-dealkylation sites (tertiary alicyclic amines) is 1. The lowest BCUT2D eigenvalue weighted by Crippen LogP contribution is -2.49. The SMILES string of the molecule is Cc1nnnn1-c1ccccc1C(=O)N1C[C@H]2C[C@@H](C1)c1cccc(=O)n1C2. The molecule has 1 saturated heterocycles. The van der Waals surface area contributed by atoms with Gasteiger partial charge >= 0.3 is 0 Å². The van der Waals surface area contributed by atoms with Gasteiger partial charge in [-0.1, -0.05) is 18.2 Å². The van der Waals surface area contributed by atoms with Crippen molar-refractivity contribution in [1.29, 1.82) is 0 Å².